The molecule has 0 aliphatic carbocycles. The van der Waals surface area contributed by atoms with Crippen LogP contribution < -0.4 is 4.90 Å². The minimum absolute atomic E-state index is 0.210. The summed E-state index contributed by atoms with van der Waals surface area (Å²) in [6, 6.07) is 18.9. The highest BCUT2D eigenvalue weighted by molar-refractivity contribution is 7.18. The Morgan fingerprint density at radius 1 is 1.15 bits per heavy atom. The van der Waals surface area contributed by atoms with Gasteiger partial charge in [0.15, 0.2) is 11.6 Å². The van der Waals surface area contributed by atoms with Crippen molar-refractivity contribution in [3.63, 3.8) is 0 Å². The van der Waals surface area contributed by atoms with Gasteiger partial charge >= 0.3 is 0 Å². The van der Waals surface area contributed by atoms with Crippen molar-refractivity contribution in [2.24, 2.45) is 0 Å². The van der Waals surface area contributed by atoms with Crippen LogP contribution in [0.5, 0.6) is 0 Å². The molecule has 4 rings (SSSR count). The number of hydrogen-bond acceptors (Lipinski definition) is 3. The molecule has 2 atom stereocenters. The second kappa shape index (κ2) is 8.19. The predicted molar refractivity (Wildman–Crippen MR) is 110 cm³/mol. The molecule has 2 heterocycles. The average molecular weight is 381 g/mol. The summed E-state index contributed by atoms with van der Waals surface area (Å²) >= 11 is 1.79. The molecule has 0 radical (unpaired) electrons. The lowest BCUT2D eigenvalue weighted by molar-refractivity contribution is -0.929. The van der Waals surface area contributed by atoms with E-state index in [0.717, 1.165) is 18.5 Å². The molecule has 1 aromatic heterocycles. The molecular weight excluding hydrogens is 354 g/mol. The van der Waals surface area contributed by atoms with E-state index in [1.807, 2.05) is 36.2 Å². The molecule has 1 N–H and O–H groups in total. The molecule has 5 heteroatoms. The molecule has 4 nitrogen and oxygen atoms in total. The van der Waals surface area contributed by atoms with Crippen molar-refractivity contribution in [3.05, 3.63) is 65.2 Å². The third kappa shape index (κ3) is 4.20. The smallest absolute Gasteiger partial charge is 0.277 e. The first-order valence-corrected chi connectivity index (χ1v) is 10.5. The van der Waals surface area contributed by atoms with Crippen molar-refractivity contribution in [1.29, 1.82) is 0 Å². The molecule has 1 aliphatic rings. The van der Waals surface area contributed by atoms with Crippen LogP contribution in [0, 0.1) is 0 Å². The molecular formula is C22H26N3OS+. The summed E-state index contributed by atoms with van der Waals surface area (Å²) in [5, 5.41) is 1.18. The standard InChI is InChI=1S/C22H25N3OS/c1-24(15-17-9-3-2-4-10-17)21(26)16-25-14-8-7-12-19(25)22-23-18-11-5-6-13-20(18)27-22/h2-6,9-11,13,19H,7-8,12,14-16H2,1H3/p+1/t19-/m1/s1. The number of nitrogens with zero attached hydrogens (tertiary/aromatic N) is 2. The Morgan fingerprint density at radius 2 is 1.93 bits per heavy atom. The summed E-state index contributed by atoms with van der Waals surface area (Å²) < 4.78 is 1.24. The number of thiazole rings is 1. The van der Waals surface area contributed by atoms with Gasteiger partial charge in [-0.05, 0) is 30.5 Å². The van der Waals surface area contributed by atoms with Crippen molar-refractivity contribution >= 4 is 27.5 Å². The summed E-state index contributed by atoms with van der Waals surface area (Å²) in [4.78, 5) is 21.0. The zero-order chi connectivity index (χ0) is 18.6. The van der Waals surface area contributed by atoms with E-state index in [1.165, 1.54) is 33.0 Å². The number of quaternary nitrogens is 1. The van der Waals surface area contributed by atoms with E-state index in [0.29, 0.717) is 19.1 Å². The lowest BCUT2D eigenvalue weighted by atomic mass is 10.0. The van der Waals surface area contributed by atoms with Gasteiger partial charge in [0.25, 0.3) is 5.91 Å². The third-order valence-corrected chi connectivity index (χ3v) is 6.56. The Bertz CT molecular complexity index is 875. The number of carbonyl (C=O) groups excluding carboxylic acids is 1. The Balaban J connectivity index is 1.46. The SMILES string of the molecule is CN(Cc1ccccc1)C(=O)C[NH+]1CCCC[C@@H]1c1nc2ccccc2s1. The predicted octanol–water partition coefficient (Wildman–Crippen LogP) is 3.06. The molecule has 1 amide bonds. The Morgan fingerprint density at radius 3 is 2.74 bits per heavy atom. The minimum atomic E-state index is 0.210. The largest absolute Gasteiger partial charge is 0.337 e. The first-order chi connectivity index (χ1) is 13.2. The van der Waals surface area contributed by atoms with Gasteiger partial charge < -0.3 is 9.80 Å². The van der Waals surface area contributed by atoms with E-state index in [2.05, 4.69) is 30.3 Å². The van der Waals surface area contributed by atoms with Crippen LogP contribution in [0.4, 0.5) is 0 Å². The van der Waals surface area contributed by atoms with E-state index in [1.54, 1.807) is 11.3 Å². The second-order valence-electron chi connectivity index (χ2n) is 7.39. The van der Waals surface area contributed by atoms with Gasteiger partial charge in [-0.1, -0.05) is 42.5 Å². The molecule has 0 saturated carbocycles. The van der Waals surface area contributed by atoms with E-state index < -0.39 is 0 Å². The van der Waals surface area contributed by atoms with Crippen LogP contribution in [0.2, 0.25) is 0 Å². The molecule has 3 aromatic rings. The number of aromatic nitrogens is 1. The van der Waals surface area contributed by atoms with Gasteiger partial charge in [0.2, 0.25) is 0 Å². The number of carbonyl (C=O) groups is 1. The highest BCUT2D eigenvalue weighted by Crippen LogP contribution is 2.28. The van der Waals surface area contributed by atoms with Crippen molar-refractivity contribution in [3.8, 4) is 0 Å². The van der Waals surface area contributed by atoms with Crippen LogP contribution in [-0.4, -0.2) is 35.9 Å². The minimum Gasteiger partial charge on any atom is -0.337 e. The Kier molecular flexibility index (Phi) is 5.50. The number of likely N-dealkylation sites (tertiary alicyclic amines) is 1. The fourth-order valence-electron chi connectivity index (χ4n) is 3.90. The van der Waals surface area contributed by atoms with Crippen molar-refractivity contribution < 1.29 is 9.69 Å². The molecule has 0 spiro atoms. The average Bonchev–Trinajstić information content (AvgIpc) is 3.13. The first-order valence-electron chi connectivity index (χ1n) is 9.68. The molecule has 2 aromatic carbocycles. The number of likely N-dealkylation sites (N-methyl/N-ethyl adjacent to an activating group) is 1. The molecule has 0 bridgehead atoms. The fraction of sp³-hybridized carbons (Fsp3) is 0.364. The first kappa shape index (κ1) is 18.1. The molecule has 1 unspecified atom stereocenters. The molecule has 1 saturated heterocycles. The van der Waals surface area contributed by atoms with E-state index in [4.69, 9.17) is 4.98 Å². The van der Waals surface area contributed by atoms with Crippen LogP contribution in [0.1, 0.15) is 35.9 Å². The summed E-state index contributed by atoms with van der Waals surface area (Å²) in [6.45, 7) is 2.26. The summed E-state index contributed by atoms with van der Waals surface area (Å²) in [5.74, 6) is 0.210. The highest BCUT2D eigenvalue weighted by atomic mass is 32.1. The highest BCUT2D eigenvalue weighted by Gasteiger charge is 2.32. The maximum absolute atomic E-state index is 12.9. The third-order valence-electron chi connectivity index (χ3n) is 5.41. The number of rotatable bonds is 5. The van der Waals surface area contributed by atoms with Crippen molar-refractivity contribution in [1.82, 2.24) is 9.88 Å². The van der Waals surface area contributed by atoms with Gasteiger partial charge in [-0.2, -0.15) is 0 Å². The van der Waals surface area contributed by atoms with E-state index >= 15 is 0 Å². The van der Waals surface area contributed by atoms with Gasteiger partial charge in [-0.15, -0.1) is 11.3 Å². The monoisotopic (exact) mass is 380 g/mol. The quantitative estimate of drug-likeness (QED) is 0.739. The second-order valence-corrected chi connectivity index (χ2v) is 8.45. The zero-order valence-electron chi connectivity index (χ0n) is 15.7. The number of hydrogen-bond donors (Lipinski definition) is 1. The maximum Gasteiger partial charge on any atom is 0.277 e. The van der Waals surface area contributed by atoms with Gasteiger partial charge in [-0.3, -0.25) is 4.79 Å². The van der Waals surface area contributed by atoms with Gasteiger partial charge in [-0.25, -0.2) is 4.98 Å². The molecule has 1 fully saturated rings. The molecule has 140 valence electrons. The van der Waals surface area contributed by atoms with Gasteiger partial charge in [0.1, 0.15) is 6.04 Å². The summed E-state index contributed by atoms with van der Waals surface area (Å²) in [5.41, 5.74) is 2.25. The topological polar surface area (TPSA) is 37.6 Å². The molecule has 1 aliphatic heterocycles. The van der Waals surface area contributed by atoms with Crippen LogP contribution >= 0.6 is 11.3 Å². The summed E-state index contributed by atoms with van der Waals surface area (Å²) in [7, 11) is 1.91. The Hall–Kier alpha value is -2.24. The van der Waals surface area contributed by atoms with Gasteiger partial charge in [0, 0.05) is 20.0 Å². The number of para-hydroxylation sites is 1. The number of amides is 1. The lowest BCUT2D eigenvalue weighted by Crippen LogP contribution is -3.14. The lowest BCUT2D eigenvalue weighted by Gasteiger charge is -2.32. The van der Waals surface area contributed by atoms with Gasteiger partial charge in [0.05, 0.1) is 16.8 Å². The number of fused-ring (bicyclic) bond motifs is 1. The number of benzene rings is 2. The van der Waals surface area contributed by atoms with Crippen molar-refractivity contribution in [2.75, 3.05) is 20.1 Å². The normalized spacial score (nSPS) is 19.9. The molecule has 27 heavy (non-hydrogen) atoms. The Labute approximate surface area is 164 Å². The van der Waals surface area contributed by atoms with Crippen molar-refractivity contribution in [2.45, 2.75) is 31.8 Å². The summed E-state index contributed by atoms with van der Waals surface area (Å²) in [6.07, 6.45) is 3.52. The maximum atomic E-state index is 12.9. The fourth-order valence-corrected chi connectivity index (χ4v) is 5.06. The van der Waals surface area contributed by atoms with Crippen LogP contribution in [0.3, 0.4) is 0 Å². The van der Waals surface area contributed by atoms with Crippen LogP contribution in [0.15, 0.2) is 54.6 Å². The van der Waals surface area contributed by atoms with Crippen LogP contribution in [0.25, 0.3) is 10.2 Å². The number of nitrogens with one attached hydrogen (secondary N) is 1. The van der Waals surface area contributed by atoms with Crippen LogP contribution in [-0.2, 0) is 11.3 Å². The van der Waals surface area contributed by atoms with E-state index in [-0.39, 0.29) is 5.91 Å². The van der Waals surface area contributed by atoms with E-state index in [9.17, 15) is 4.79 Å². The zero-order valence-corrected chi connectivity index (χ0v) is 16.5. The number of piperidine rings is 1.